The number of hydrogen-bond donors (Lipinski definition) is 1. The van der Waals surface area contributed by atoms with Crippen molar-refractivity contribution in [2.24, 2.45) is 0 Å². The van der Waals surface area contributed by atoms with Crippen molar-refractivity contribution in [3.63, 3.8) is 0 Å². The van der Waals surface area contributed by atoms with Crippen molar-refractivity contribution in [2.75, 3.05) is 18.2 Å². The van der Waals surface area contributed by atoms with E-state index in [0.29, 0.717) is 5.75 Å². The molecule has 0 aliphatic rings. The lowest BCUT2D eigenvalue weighted by atomic mass is 10.2. The fourth-order valence-electron chi connectivity index (χ4n) is 1.62. The Balaban J connectivity index is 1.73. The van der Waals surface area contributed by atoms with Gasteiger partial charge in [-0.3, -0.25) is 9.78 Å². The van der Waals surface area contributed by atoms with Gasteiger partial charge in [-0.05, 0) is 29.8 Å². The van der Waals surface area contributed by atoms with Crippen molar-refractivity contribution in [2.45, 2.75) is 5.75 Å². The van der Waals surface area contributed by atoms with Gasteiger partial charge in [0.2, 0.25) is 5.91 Å². The molecule has 2 rings (SSSR count). The molecule has 1 N–H and O–H groups in total. The van der Waals surface area contributed by atoms with E-state index >= 15 is 0 Å². The summed E-state index contributed by atoms with van der Waals surface area (Å²) < 4.78 is 5.10. The molecule has 0 radical (unpaired) electrons. The maximum absolute atomic E-state index is 11.7. The van der Waals surface area contributed by atoms with Crippen molar-refractivity contribution >= 4 is 23.4 Å². The summed E-state index contributed by atoms with van der Waals surface area (Å²) in [7, 11) is 1.65. The van der Waals surface area contributed by atoms with E-state index in [9.17, 15) is 4.79 Å². The van der Waals surface area contributed by atoms with Gasteiger partial charge < -0.3 is 10.1 Å². The van der Waals surface area contributed by atoms with E-state index in [0.717, 1.165) is 17.2 Å². The summed E-state index contributed by atoms with van der Waals surface area (Å²) in [6.45, 7) is 0. The molecule has 5 heteroatoms. The Morgan fingerprint density at radius 1 is 1.30 bits per heavy atom. The van der Waals surface area contributed by atoms with Gasteiger partial charge in [0, 0.05) is 11.9 Å². The lowest BCUT2D eigenvalue weighted by molar-refractivity contribution is -0.113. The zero-order valence-corrected chi connectivity index (χ0v) is 12.0. The number of aromatic nitrogens is 1. The summed E-state index contributed by atoms with van der Waals surface area (Å²) >= 11 is 1.57. The molecule has 0 aliphatic heterocycles. The number of carbonyl (C=O) groups excluding carboxylic acids is 1. The normalized spacial score (nSPS) is 10.1. The van der Waals surface area contributed by atoms with Crippen LogP contribution in [0, 0.1) is 0 Å². The van der Waals surface area contributed by atoms with Crippen molar-refractivity contribution in [1.29, 1.82) is 0 Å². The van der Waals surface area contributed by atoms with E-state index in [-0.39, 0.29) is 5.91 Å². The summed E-state index contributed by atoms with van der Waals surface area (Å²) in [6, 6.07) is 11.5. The Morgan fingerprint density at radius 3 is 2.75 bits per heavy atom. The van der Waals surface area contributed by atoms with E-state index in [1.165, 1.54) is 5.56 Å². The Hall–Kier alpha value is -2.01. The monoisotopic (exact) mass is 288 g/mol. The summed E-state index contributed by atoms with van der Waals surface area (Å²) in [5.41, 5.74) is 1.90. The summed E-state index contributed by atoms with van der Waals surface area (Å²) in [5.74, 6) is 2.04. The van der Waals surface area contributed by atoms with Crippen LogP contribution in [0.15, 0.2) is 48.8 Å². The maximum atomic E-state index is 11.7. The average molecular weight is 288 g/mol. The van der Waals surface area contributed by atoms with Crippen LogP contribution >= 0.6 is 11.8 Å². The van der Waals surface area contributed by atoms with Crippen LogP contribution in [-0.4, -0.2) is 23.8 Å². The van der Waals surface area contributed by atoms with Gasteiger partial charge in [-0.25, -0.2) is 0 Å². The molecule has 1 aromatic heterocycles. The molecule has 0 unspecified atom stereocenters. The molecule has 0 bridgehead atoms. The van der Waals surface area contributed by atoms with Crippen molar-refractivity contribution in [3.05, 3.63) is 54.4 Å². The second kappa shape index (κ2) is 7.55. The number of rotatable bonds is 6. The summed E-state index contributed by atoms with van der Waals surface area (Å²) in [4.78, 5) is 15.7. The van der Waals surface area contributed by atoms with Crippen molar-refractivity contribution in [1.82, 2.24) is 4.98 Å². The number of pyridine rings is 1. The molecule has 2 aromatic rings. The number of ether oxygens (including phenoxy) is 1. The third kappa shape index (κ3) is 4.59. The van der Waals surface area contributed by atoms with E-state index in [1.807, 2.05) is 30.3 Å². The predicted octanol–water partition coefficient (Wildman–Crippen LogP) is 2.96. The Labute approximate surface area is 122 Å². The first-order chi connectivity index (χ1) is 9.78. The highest BCUT2D eigenvalue weighted by atomic mass is 32.2. The van der Waals surface area contributed by atoms with Gasteiger partial charge in [-0.2, -0.15) is 0 Å². The second-order valence-corrected chi connectivity index (χ2v) is 5.12. The van der Waals surface area contributed by atoms with Crippen LogP contribution in [0.1, 0.15) is 5.56 Å². The molecule has 4 nitrogen and oxygen atoms in total. The number of anilines is 1. The van der Waals surface area contributed by atoms with Crippen LogP contribution in [0.4, 0.5) is 5.69 Å². The third-order valence-electron chi connectivity index (χ3n) is 2.61. The highest BCUT2D eigenvalue weighted by molar-refractivity contribution is 7.99. The quantitative estimate of drug-likeness (QED) is 0.888. The van der Waals surface area contributed by atoms with Gasteiger partial charge in [0.05, 0.1) is 24.7 Å². The standard InChI is InChI=1S/C15H16N2O2S/c1-19-14-6-4-12(5-7-14)10-20-11-15(18)17-13-3-2-8-16-9-13/h2-9H,10-11H2,1H3,(H,17,18). The lowest BCUT2D eigenvalue weighted by Gasteiger charge is -2.05. The maximum Gasteiger partial charge on any atom is 0.234 e. The molecular weight excluding hydrogens is 272 g/mol. The molecular formula is C15H16N2O2S. The first-order valence-electron chi connectivity index (χ1n) is 6.18. The third-order valence-corrected chi connectivity index (χ3v) is 3.61. The number of carbonyl (C=O) groups is 1. The first-order valence-corrected chi connectivity index (χ1v) is 7.34. The number of thioether (sulfide) groups is 1. The minimum atomic E-state index is -0.0171. The molecule has 20 heavy (non-hydrogen) atoms. The van der Waals surface area contributed by atoms with E-state index in [2.05, 4.69) is 10.3 Å². The van der Waals surface area contributed by atoms with Gasteiger partial charge in [0.1, 0.15) is 5.75 Å². The molecule has 0 aliphatic carbocycles. The van der Waals surface area contributed by atoms with Crippen LogP contribution < -0.4 is 10.1 Å². The minimum Gasteiger partial charge on any atom is -0.497 e. The number of nitrogens with one attached hydrogen (secondary N) is 1. The molecule has 104 valence electrons. The highest BCUT2D eigenvalue weighted by Gasteiger charge is 2.03. The number of amides is 1. The zero-order chi connectivity index (χ0) is 14.2. The van der Waals surface area contributed by atoms with Gasteiger partial charge in [0.25, 0.3) is 0 Å². The smallest absolute Gasteiger partial charge is 0.234 e. The molecule has 0 fully saturated rings. The lowest BCUT2D eigenvalue weighted by Crippen LogP contribution is -2.14. The Morgan fingerprint density at radius 2 is 2.10 bits per heavy atom. The summed E-state index contributed by atoms with van der Waals surface area (Å²) in [6.07, 6.45) is 3.31. The molecule has 0 saturated heterocycles. The van der Waals surface area contributed by atoms with Crippen molar-refractivity contribution < 1.29 is 9.53 Å². The zero-order valence-electron chi connectivity index (χ0n) is 11.2. The van der Waals surface area contributed by atoms with Crippen molar-refractivity contribution in [3.8, 4) is 5.75 Å². The van der Waals surface area contributed by atoms with Crippen LogP contribution in [0.25, 0.3) is 0 Å². The SMILES string of the molecule is COc1ccc(CSCC(=O)Nc2cccnc2)cc1. The van der Waals surface area contributed by atoms with Gasteiger partial charge in [-0.15, -0.1) is 11.8 Å². The van der Waals surface area contributed by atoms with Crippen LogP contribution in [0.5, 0.6) is 5.75 Å². The first kappa shape index (κ1) is 14.4. The fraction of sp³-hybridized carbons (Fsp3) is 0.200. The molecule has 1 heterocycles. The van der Waals surface area contributed by atoms with Gasteiger partial charge >= 0.3 is 0 Å². The highest BCUT2D eigenvalue weighted by Crippen LogP contribution is 2.16. The molecule has 0 atom stereocenters. The number of hydrogen-bond acceptors (Lipinski definition) is 4. The number of benzene rings is 1. The Bertz CT molecular complexity index is 544. The van der Waals surface area contributed by atoms with E-state index in [1.54, 1.807) is 37.3 Å². The summed E-state index contributed by atoms with van der Waals surface area (Å²) in [5, 5.41) is 2.80. The predicted molar refractivity (Wildman–Crippen MR) is 82.0 cm³/mol. The number of methoxy groups -OCH3 is 1. The number of nitrogens with zero attached hydrogens (tertiary/aromatic N) is 1. The topological polar surface area (TPSA) is 51.2 Å². The van der Waals surface area contributed by atoms with E-state index in [4.69, 9.17) is 4.74 Å². The fourth-order valence-corrected chi connectivity index (χ4v) is 2.40. The van der Waals surface area contributed by atoms with Crippen LogP contribution in [0.3, 0.4) is 0 Å². The van der Waals surface area contributed by atoms with E-state index < -0.39 is 0 Å². The minimum absolute atomic E-state index is 0.0171. The molecule has 1 aromatic carbocycles. The largest absolute Gasteiger partial charge is 0.497 e. The Kier molecular flexibility index (Phi) is 5.43. The molecule has 0 spiro atoms. The van der Waals surface area contributed by atoms with Gasteiger partial charge in [0.15, 0.2) is 0 Å². The average Bonchev–Trinajstić information content (AvgIpc) is 2.49. The van der Waals surface area contributed by atoms with Gasteiger partial charge in [-0.1, -0.05) is 12.1 Å². The van der Waals surface area contributed by atoms with Crippen LogP contribution in [-0.2, 0) is 10.5 Å². The molecule has 1 amide bonds. The second-order valence-electron chi connectivity index (χ2n) is 4.13. The molecule has 0 saturated carbocycles. The van der Waals surface area contributed by atoms with Crippen LogP contribution in [0.2, 0.25) is 0 Å².